The second-order valence-electron chi connectivity index (χ2n) is 6.13. The first-order valence-electron chi connectivity index (χ1n) is 8.53. The molecule has 3 rings (SSSR count). The molecule has 0 aliphatic heterocycles. The highest BCUT2D eigenvalue weighted by Gasteiger charge is 2.08. The number of benzene rings is 2. The highest BCUT2D eigenvalue weighted by Crippen LogP contribution is 2.16. The fourth-order valence-corrected chi connectivity index (χ4v) is 2.49. The van der Waals surface area contributed by atoms with E-state index in [2.05, 4.69) is 15.3 Å². The highest BCUT2D eigenvalue weighted by atomic mass is 16.5. The maximum atomic E-state index is 12.3. The summed E-state index contributed by atoms with van der Waals surface area (Å²) in [5, 5.41) is 2.88. The Kier molecular flexibility index (Phi) is 5.59. The summed E-state index contributed by atoms with van der Waals surface area (Å²) < 4.78 is 5.58. The molecule has 0 spiro atoms. The third kappa shape index (κ3) is 4.66. The molecule has 0 unspecified atom stereocenters. The Hall–Kier alpha value is -3.21. The summed E-state index contributed by atoms with van der Waals surface area (Å²) >= 11 is 0. The van der Waals surface area contributed by atoms with Gasteiger partial charge in [-0.05, 0) is 44.2 Å². The smallest absolute Gasteiger partial charge is 0.251 e. The van der Waals surface area contributed by atoms with Gasteiger partial charge in [0.1, 0.15) is 12.1 Å². The maximum Gasteiger partial charge on any atom is 0.251 e. The number of hydrogen-bond acceptors (Lipinski definition) is 4. The van der Waals surface area contributed by atoms with E-state index in [1.165, 1.54) is 6.33 Å². The zero-order valence-electron chi connectivity index (χ0n) is 14.8. The van der Waals surface area contributed by atoms with Crippen molar-refractivity contribution in [1.82, 2.24) is 15.3 Å². The molecule has 0 saturated heterocycles. The van der Waals surface area contributed by atoms with E-state index in [-0.39, 0.29) is 12.0 Å². The van der Waals surface area contributed by atoms with Gasteiger partial charge in [-0.2, -0.15) is 0 Å². The number of rotatable bonds is 6. The van der Waals surface area contributed by atoms with Crippen LogP contribution in [0, 0.1) is 0 Å². The summed E-state index contributed by atoms with van der Waals surface area (Å²) in [5.41, 5.74) is 3.19. The minimum absolute atomic E-state index is 0.103. The van der Waals surface area contributed by atoms with Gasteiger partial charge in [0, 0.05) is 11.1 Å². The molecule has 1 amide bonds. The van der Waals surface area contributed by atoms with Crippen LogP contribution in [0.5, 0.6) is 5.75 Å². The van der Waals surface area contributed by atoms with Gasteiger partial charge >= 0.3 is 0 Å². The minimum atomic E-state index is -0.152. The van der Waals surface area contributed by atoms with E-state index >= 15 is 0 Å². The van der Waals surface area contributed by atoms with Gasteiger partial charge in [0.05, 0.1) is 24.0 Å². The first kappa shape index (κ1) is 17.6. The summed E-state index contributed by atoms with van der Waals surface area (Å²) in [6.07, 6.45) is 1.62. The lowest BCUT2D eigenvalue weighted by Crippen LogP contribution is -2.23. The lowest BCUT2D eigenvalue weighted by Gasteiger charge is -2.10. The second-order valence-corrected chi connectivity index (χ2v) is 6.13. The number of aromatic nitrogens is 2. The molecule has 5 heteroatoms. The fraction of sp³-hybridized carbons (Fsp3) is 0.190. The molecule has 0 fully saturated rings. The zero-order valence-corrected chi connectivity index (χ0v) is 14.8. The zero-order chi connectivity index (χ0) is 18.4. The molecule has 0 saturated carbocycles. The second kappa shape index (κ2) is 8.25. The van der Waals surface area contributed by atoms with Gasteiger partial charge in [0.2, 0.25) is 0 Å². The largest absolute Gasteiger partial charge is 0.491 e. The summed E-state index contributed by atoms with van der Waals surface area (Å²) in [6.45, 7) is 4.27. The van der Waals surface area contributed by atoms with Crippen LogP contribution in [0.15, 0.2) is 67.0 Å². The van der Waals surface area contributed by atoms with E-state index in [9.17, 15) is 4.79 Å². The van der Waals surface area contributed by atoms with E-state index in [1.54, 1.807) is 24.3 Å². The minimum Gasteiger partial charge on any atom is -0.491 e. The van der Waals surface area contributed by atoms with E-state index in [4.69, 9.17) is 4.74 Å². The van der Waals surface area contributed by atoms with Crippen molar-refractivity contribution in [2.45, 2.75) is 26.5 Å². The Bertz CT molecular complexity index is 862. The molecule has 1 N–H and O–H groups in total. The van der Waals surface area contributed by atoms with Gasteiger partial charge in [-0.1, -0.05) is 30.3 Å². The van der Waals surface area contributed by atoms with Crippen molar-refractivity contribution < 1.29 is 9.53 Å². The third-order valence-corrected chi connectivity index (χ3v) is 3.71. The lowest BCUT2D eigenvalue weighted by atomic mass is 10.1. The Balaban J connectivity index is 1.63. The summed E-state index contributed by atoms with van der Waals surface area (Å²) in [6, 6.07) is 18.9. The molecule has 0 aliphatic rings. The van der Waals surface area contributed by atoms with Gasteiger partial charge in [0.25, 0.3) is 5.91 Å². The molecule has 1 aromatic heterocycles. The standard InChI is InChI=1S/C21H21N3O2/c1-15(2)26-19-10-8-17(9-11-19)21(25)22-13-18-12-20(24-14-23-18)16-6-4-3-5-7-16/h3-12,14-15H,13H2,1-2H3,(H,22,25). The van der Waals surface area contributed by atoms with Crippen molar-refractivity contribution in [3.8, 4) is 17.0 Å². The third-order valence-electron chi connectivity index (χ3n) is 3.71. The Morgan fingerprint density at radius 2 is 1.77 bits per heavy atom. The molecule has 0 bridgehead atoms. The molecular formula is C21H21N3O2. The molecule has 0 atom stereocenters. The quantitative estimate of drug-likeness (QED) is 0.735. The average Bonchev–Trinajstić information content (AvgIpc) is 2.67. The number of hydrogen-bond donors (Lipinski definition) is 1. The van der Waals surface area contributed by atoms with Crippen LogP contribution in [0.3, 0.4) is 0 Å². The molecule has 0 aliphatic carbocycles. The van der Waals surface area contributed by atoms with Crippen LogP contribution in [0.25, 0.3) is 11.3 Å². The lowest BCUT2D eigenvalue weighted by molar-refractivity contribution is 0.0950. The molecule has 26 heavy (non-hydrogen) atoms. The van der Waals surface area contributed by atoms with Crippen LogP contribution in [-0.2, 0) is 6.54 Å². The van der Waals surface area contributed by atoms with Crippen LogP contribution in [0.4, 0.5) is 0 Å². The highest BCUT2D eigenvalue weighted by molar-refractivity contribution is 5.94. The van der Waals surface area contributed by atoms with Gasteiger partial charge < -0.3 is 10.1 Å². The van der Waals surface area contributed by atoms with Crippen LogP contribution >= 0.6 is 0 Å². The molecular weight excluding hydrogens is 326 g/mol. The number of carbonyl (C=O) groups is 1. The van der Waals surface area contributed by atoms with Crippen molar-refractivity contribution in [2.24, 2.45) is 0 Å². The van der Waals surface area contributed by atoms with E-state index in [0.717, 1.165) is 22.7 Å². The number of nitrogens with zero attached hydrogens (tertiary/aromatic N) is 2. The van der Waals surface area contributed by atoms with E-state index in [0.29, 0.717) is 12.1 Å². The molecule has 1 heterocycles. The van der Waals surface area contributed by atoms with Crippen LogP contribution in [0.1, 0.15) is 29.9 Å². The number of nitrogens with one attached hydrogen (secondary N) is 1. The topological polar surface area (TPSA) is 64.1 Å². The van der Waals surface area contributed by atoms with Crippen molar-refractivity contribution >= 4 is 5.91 Å². The molecule has 2 aromatic carbocycles. The van der Waals surface area contributed by atoms with Crippen LogP contribution < -0.4 is 10.1 Å². The monoisotopic (exact) mass is 347 g/mol. The van der Waals surface area contributed by atoms with Gasteiger partial charge in [-0.3, -0.25) is 4.79 Å². The SMILES string of the molecule is CC(C)Oc1ccc(C(=O)NCc2cc(-c3ccccc3)ncn2)cc1. The van der Waals surface area contributed by atoms with Crippen molar-refractivity contribution in [3.63, 3.8) is 0 Å². The molecule has 0 radical (unpaired) electrons. The van der Waals surface area contributed by atoms with Crippen molar-refractivity contribution in [2.75, 3.05) is 0 Å². The number of ether oxygens (including phenoxy) is 1. The number of amides is 1. The fourth-order valence-electron chi connectivity index (χ4n) is 2.49. The van der Waals surface area contributed by atoms with E-state index < -0.39 is 0 Å². The molecule has 5 nitrogen and oxygen atoms in total. The Labute approximate surface area is 153 Å². The number of carbonyl (C=O) groups excluding carboxylic acids is 1. The van der Waals surface area contributed by atoms with E-state index in [1.807, 2.05) is 50.2 Å². The first-order chi connectivity index (χ1) is 12.6. The van der Waals surface area contributed by atoms with Gasteiger partial charge in [-0.25, -0.2) is 9.97 Å². The van der Waals surface area contributed by atoms with Gasteiger partial charge in [-0.15, -0.1) is 0 Å². The maximum absolute atomic E-state index is 12.3. The van der Waals surface area contributed by atoms with Crippen molar-refractivity contribution in [1.29, 1.82) is 0 Å². The summed E-state index contributed by atoms with van der Waals surface area (Å²) in [7, 11) is 0. The predicted octanol–water partition coefficient (Wildman–Crippen LogP) is 3.86. The Morgan fingerprint density at radius 3 is 2.46 bits per heavy atom. The molecule has 132 valence electrons. The molecule has 3 aromatic rings. The predicted molar refractivity (Wildman–Crippen MR) is 101 cm³/mol. The average molecular weight is 347 g/mol. The van der Waals surface area contributed by atoms with Crippen LogP contribution in [0.2, 0.25) is 0 Å². The van der Waals surface area contributed by atoms with Gasteiger partial charge in [0.15, 0.2) is 0 Å². The Morgan fingerprint density at radius 1 is 1.04 bits per heavy atom. The summed E-state index contributed by atoms with van der Waals surface area (Å²) in [4.78, 5) is 20.8. The normalized spacial score (nSPS) is 10.6. The van der Waals surface area contributed by atoms with Crippen molar-refractivity contribution in [3.05, 3.63) is 78.2 Å². The van der Waals surface area contributed by atoms with Crippen LogP contribution in [-0.4, -0.2) is 22.0 Å². The summed E-state index contributed by atoms with van der Waals surface area (Å²) in [5.74, 6) is 0.598. The first-order valence-corrected chi connectivity index (χ1v) is 8.53.